The van der Waals surface area contributed by atoms with Crippen LogP contribution < -0.4 is 4.74 Å². The molecule has 0 bridgehead atoms. The minimum atomic E-state index is -4.72. The van der Waals surface area contributed by atoms with Crippen LogP contribution >= 0.6 is 11.8 Å². The van der Waals surface area contributed by atoms with Crippen molar-refractivity contribution >= 4 is 11.8 Å². The zero-order valence-corrected chi connectivity index (χ0v) is 12.1. The number of nitrogens with zero attached hydrogens (tertiary/aromatic N) is 4. The number of rotatable bonds is 5. The highest BCUT2D eigenvalue weighted by Gasteiger charge is 2.31. The summed E-state index contributed by atoms with van der Waals surface area (Å²) in [7, 11) is 0. The number of hydrogen-bond acceptors (Lipinski definition) is 7. The summed E-state index contributed by atoms with van der Waals surface area (Å²) >= 11 is 1.30. The Morgan fingerprint density at radius 2 is 2.00 bits per heavy atom. The molecule has 2 aromatic heterocycles. The van der Waals surface area contributed by atoms with Crippen molar-refractivity contribution in [2.24, 2.45) is 0 Å². The predicted molar refractivity (Wildman–Crippen MR) is 72.4 cm³/mol. The number of benzene rings is 1. The highest BCUT2D eigenvalue weighted by atomic mass is 32.2. The first-order valence-electron chi connectivity index (χ1n) is 6.17. The summed E-state index contributed by atoms with van der Waals surface area (Å²) in [5.74, 6) is 0.685. The van der Waals surface area contributed by atoms with Gasteiger partial charge in [-0.3, -0.25) is 5.10 Å². The van der Waals surface area contributed by atoms with Gasteiger partial charge in [-0.05, 0) is 24.3 Å². The van der Waals surface area contributed by atoms with E-state index in [1.54, 1.807) is 0 Å². The molecular formula is C12H8F3N5O2S. The second-order valence-corrected chi connectivity index (χ2v) is 5.10. The van der Waals surface area contributed by atoms with E-state index in [4.69, 9.17) is 4.52 Å². The summed E-state index contributed by atoms with van der Waals surface area (Å²) in [4.78, 5) is 8.09. The zero-order valence-electron chi connectivity index (χ0n) is 11.2. The molecule has 3 rings (SSSR count). The Morgan fingerprint density at radius 1 is 1.22 bits per heavy atom. The molecule has 1 aromatic carbocycles. The molecule has 0 atom stereocenters. The topological polar surface area (TPSA) is 89.7 Å². The van der Waals surface area contributed by atoms with E-state index in [2.05, 4.69) is 30.1 Å². The summed E-state index contributed by atoms with van der Waals surface area (Å²) in [6.07, 6.45) is -3.27. The minimum Gasteiger partial charge on any atom is -0.406 e. The van der Waals surface area contributed by atoms with Gasteiger partial charge in [-0.15, -0.1) is 18.3 Å². The summed E-state index contributed by atoms with van der Waals surface area (Å²) < 4.78 is 45.1. The molecule has 2 heterocycles. The number of ether oxygens (including phenoxy) is 1. The number of hydrogen-bond donors (Lipinski definition) is 1. The third kappa shape index (κ3) is 4.22. The van der Waals surface area contributed by atoms with Crippen molar-refractivity contribution in [3.63, 3.8) is 0 Å². The zero-order chi connectivity index (χ0) is 16.3. The van der Waals surface area contributed by atoms with Gasteiger partial charge in [-0.2, -0.15) is 4.98 Å². The molecule has 0 amide bonds. The third-order valence-corrected chi connectivity index (χ3v) is 3.38. The fourth-order valence-corrected chi connectivity index (χ4v) is 2.24. The lowest BCUT2D eigenvalue weighted by Gasteiger charge is -2.08. The van der Waals surface area contributed by atoms with Crippen molar-refractivity contribution in [3.8, 4) is 17.1 Å². The molecule has 7 nitrogen and oxygen atoms in total. The van der Waals surface area contributed by atoms with Gasteiger partial charge < -0.3 is 9.26 Å². The van der Waals surface area contributed by atoms with E-state index in [0.717, 1.165) is 0 Å². The number of thioether (sulfide) groups is 1. The van der Waals surface area contributed by atoms with E-state index in [9.17, 15) is 13.2 Å². The Hall–Kier alpha value is -2.56. The van der Waals surface area contributed by atoms with Gasteiger partial charge in [-0.1, -0.05) is 16.9 Å². The number of H-pyrrole nitrogens is 1. The van der Waals surface area contributed by atoms with Gasteiger partial charge in [0, 0.05) is 5.56 Å². The molecule has 0 saturated carbocycles. The number of nitrogens with one attached hydrogen (secondary N) is 1. The lowest BCUT2D eigenvalue weighted by molar-refractivity contribution is -0.274. The van der Waals surface area contributed by atoms with E-state index in [1.165, 1.54) is 42.4 Å². The van der Waals surface area contributed by atoms with Crippen molar-refractivity contribution in [1.82, 2.24) is 25.3 Å². The number of aromatic nitrogens is 5. The Morgan fingerprint density at radius 3 is 2.65 bits per heavy atom. The molecule has 120 valence electrons. The van der Waals surface area contributed by atoms with Crippen LogP contribution in [0.5, 0.6) is 5.75 Å². The van der Waals surface area contributed by atoms with Crippen LogP contribution in [0.25, 0.3) is 11.4 Å². The maximum absolute atomic E-state index is 12.1. The van der Waals surface area contributed by atoms with Gasteiger partial charge in [0.25, 0.3) is 0 Å². The summed E-state index contributed by atoms with van der Waals surface area (Å²) in [6, 6.07) is 5.19. The van der Waals surface area contributed by atoms with Gasteiger partial charge in [0.2, 0.25) is 16.9 Å². The third-order valence-electron chi connectivity index (χ3n) is 2.53. The highest BCUT2D eigenvalue weighted by Crippen LogP contribution is 2.26. The minimum absolute atomic E-state index is 0.272. The van der Waals surface area contributed by atoms with Crippen molar-refractivity contribution in [2.45, 2.75) is 17.3 Å². The van der Waals surface area contributed by atoms with Gasteiger partial charge in [0.15, 0.2) is 0 Å². The van der Waals surface area contributed by atoms with Crippen LogP contribution in [0, 0.1) is 0 Å². The fraction of sp³-hybridized carbons (Fsp3) is 0.167. The lowest BCUT2D eigenvalue weighted by atomic mass is 10.2. The maximum atomic E-state index is 12.1. The van der Waals surface area contributed by atoms with Crippen LogP contribution in [-0.4, -0.2) is 31.7 Å². The standard InChI is InChI=1S/C12H8F3N5O2S/c13-12(14,15)21-8-3-1-7(2-4-8)10-18-9(22-20-10)5-23-11-16-6-17-19-11/h1-4,6H,5H2,(H,16,17,19). The van der Waals surface area contributed by atoms with Crippen LogP contribution in [0.3, 0.4) is 0 Å². The second-order valence-electron chi connectivity index (χ2n) is 4.15. The summed E-state index contributed by atoms with van der Waals surface area (Å²) in [6.45, 7) is 0. The Bertz CT molecular complexity index is 758. The van der Waals surface area contributed by atoms with Crippen molar-refractivity contribution in [3.05, 3.63) is 36.5 Å². The van der Waals surface area contributed by atoms with Crippen molar-refractivity contribution in [1.29, 1.82) is 0 Å². The molecular weight excluding hydrogens is 335 g/mol. The van der Waals surface area contributed by atoms with Crippen LogP contribution in [0.1, 0.15) is 5.89 Å². The van der Waals surface area contributed by atoms with Crippen LogP contribution in [0.2, 0.25) is 0 Å². The van der Waals surface area contributed by atoms with Crippen LogP contribution in [0.15, 0.2) is 40.3 Å². The molecule has 0 saturated heterocycles. The van der Waals surface area contributed by atoms with Crippen LogP contribution in [0.4, 0.5) is 13.2 Å². The molecule has 23 heavy (non-hydrogen) atoms. The number of halogens is 3. The second kappa shape index (κ2) is 6.28. The molecule has 3 aromatic rings. The van der Waals surface area contributed by atoms with Crippen LogP contribution in [-0.2, 0) is 5.75 Å². The van der Waals surface area contributed by atoms with Gasteiger partial charge >= 0.3 is 6.36 Å². The average molecular weight is 343 g/mol. The normalized spacial score (nSPS) is 11.6. The molecule has 0 fully saturated rings. The Labute approximate surface area is 131 Å². The van der Waals surface area contributed by atoms with Gasteiger partial charge in [0.1, 0.15) is 12.1 Å². The highest BCUT2D eigenvalue weighted by molar-refractivity contribution is 7.98. The van der Waals surface area contributed by atoms with Gasteiger partial charge in [0.05, 0.1) is 5.75 Å². The van der Waals surface area contributed by atoms with Crippen molar-refractivity contribution < 1.29 is 22.4 Å². The van der Waals surface area contributed by atoms with E-state index in [-0.39, 0.29) is 11.6 Å². The quantitative estimate of drug-likeness (QED) is 0.712. The summed E-state index contributed by atoms with van der Waals surface area (Å²) in [5.41, 5.74) is 0.511. The van der Waals surface area contributed by atoms with E-state index < -0.39 is 6.36 Å². The molecule has 0 radical (unpaired) electrons. The van der Waals surface area contributed by atoms with E-state index in [0.29, 0.717) is 22.4 Å². The number of aromatic amines is 1. The molecule has 0 aliphatic rings. The van der Waals surface area contributed by atoms with E-state index >= 15 is 0 Å². The first-order chi connectivity index (χ1) is 11.0. The Kier molecular flexibility index (Phi) is 4.19. The smallest absolute Gasteiger partial charge is 0.406 e. The van der Waals surface area contributed by atoms with E-state index in [1.807, 2.05) is 0 Å². The predicted octanol–water partition coefficient (Wildman–Crippen LogP) is 3.05. The molecule has 1 N–H and O–H groups in total. The number of alkyl halides is 3. The lowest BCUT2D eigenvalue weighted by Crippen LogP contribution is -2.16. The average Bonchev–Trinajstić information content (AvgIpc) is 3.16. The molecule has 0 aliphatic carbocycles. The van der Waals surface area contributed by atoms with Crippen molar-refractivity contribution in [2.75, 3.05) is 0 Å². The molecule has 11 heteroatoms. The maximum Gasteiger partial charge on any atom is 0.573 e. The SMILES string of the molecule is FC(F)(F)Oc1ccc(-c2noc(CSc3nc[nH]n3)n2)cc1. The Balaban J connectivity index is 1.65. The molecule has 0 unspecified atom stereocenters. The monoisotopic (exact) mass is 343 g/mol. The summed E-state index contributed by atoms with van der Waals surface area (Å²) in [5, 5.41) is 10.8. The first-order valence-corrected chi connectivity index (χ1v) is 7.15. The molecule has 0 aliphatic heterocycles. The van der Waals surface area contributed by atoms with Gasteiger partial charge in [-0.25, -0.2) is 4.98 Å². The molecule has 0 spiro atoms. The largest absolute Gasteiger partial charge is 0.573 e. The first kappa shape index (κ1) is 15.3. The fourth-order valence-electron chi connectivity index (χ4n) is 1.63.